The van der Waals surface area contributed by atoms with Crippen LogP contribution in [-0.2, 0) is 11.3 Å². The van der Waals surface area contributed by atoms with E-state index in [9.17, 15) is 4.79 Å². The van der Waals surface area contributed by atoms with Crippen LogP contribution in [0.5, 0.6) is 0 Å². The number of carbonyl (C=O) groups excluding carboxylic acids is 1. The number of halogens is 1. The number of nitrogens with zero attached hydrogens (tertiary/aromatic N) is 2. The zero-order chi connectivity index (χ0) is 17.8. The molecule has 2 aromatic rings. The summed E-state index contributed by atoms with van der Waals surface area (Å²) in [5, 5.41) is 3.67. The first-order valence-corrected chi connectivity index (χ1v) is 8.97. The minimum absolute atomic E-state index is 0.00449. The number of furan rings is 1. The van der Waals surface area contributed by atoms with Gasteiger partial charge in [-0.15, -0.1) is 0 Å². The van der Waals surface area contributed by atoms with E-state index in [4.69, 9.17) is 16.0 Å². The Bertz CT molecular complexity index is 709. The molecule has 2 heterocycles. The Morgan fingerprint density at radius 3 is 2.68 bits per heavy atom. The van der Waals surface area contributed by atoms with Crippen molar-refractivity contribution >= 4 is 23.2 Å². The Hall–Kier alpha value is -1.82. The van der Waals surface area contributed by atoms with E-state index in [1.54, 1.807) is 6.26 Å². The third kappa shape index (κ3) is 4.42. The van der Waals surface area contributed by atoms with Crippen LogP contribution in [0.2, 0.25) is 5.02 Å². The van der Waals surface area contributed by atoms with Crippen molar-refractivity contribution in [2.75, 3.05) is 31.5 Å². The molecule has 3 rings (SSSR count). The summed E-state index contributed by atoms with van der Waals surface area (Å²) in [4.78, 5) is 17.2. The van der Waals surface area contributed by atoms with Crippen LogP contribution in [-0.4, -0.2) is 47.9 Å². The van der Waals surface area contributed by atoms with Gasteiger partial charge in [-0.3, -0.25) is 14.6 Å². The number of anilines is 1. The molecule has 1 fully saturated rings. The second-order valence-electron chi connectivity index (χ2n) is 6.47. The first-order chi connectivity index (χ1) is 12.0. The lowest BCUT2D eigenvalue weighted by atomic mass is 10.1. The summed E-state index contributed by atoms with van der Waals surface area (Å²) < 4.78 is 5.41. The minimum atomic E-state index is -0.177. The predicted molar refractivity (Wildman–Crippen MR) is 99.8 cm³/mol. The summed E-state index contributed by atoms with van der Waals surface area (Å²) in [6, 6.07) is 9.29. The lowest BCUT2D eigenvalue weighted by Gasteiger charge is -2.37. The Labute approximate surface area is 153 Å². The molecule has 1 atom stereocenters. The highest BCUT2D eigenvalue weighted by Gasteiger charge is 2.26. The van der Waals surface area contributed by atoms with Gasteiger partial charge < -0.3 is 9.73 Å². The summed E-state index contributed by atoms with van der Waals surface area (Å²) in [5.74, 6) is 0.987. The maximum Gasteiger partial charge on any atom is 0.241 e. The number of amides is 1. The normalized spacial score (nSPS) is 17.4. The average Bonchev–Trinajstić information content (AvgIpc) is 3.12. The van der Waals surface area contributed by atoms with Crippen LogP contribution in [0.4, 0.5) is 5.69 Å². The molecular formula is C19H24ClN3O2. The number of benzene rings is 1. The van der Waals surface area contributed by atoms with E-state index in [1.807, 2.05) is 44.2 Å². The first-order valence-electron chi connectivity index (χ1n) is 8.59. The van der Waals surface area contributed by atoms with Gasteiger partial charge in [-0.05, 0) is 43.7 Å². The molecule has 0 aliphatic carbocycles. The van der Waals surface area contributed by atoms with Gasteiger partial charge in [0.15, 0.2) is 0 Å². The fourth-order valence-corrected chi connectivity index (χ4v) is 3.25. The summed E-state index contributed by atoms with van der Waals surface area (Å²) in [6.45, 7) is 8.27. The molecule has 6 heteroatoms. The largest absolute Gasteiger partial charge is 0.468 e. The van der Waals surface area contributed by atoms with Crippen molar-refractivity contribution in [3.8, 4) is 0 Å². The van der Waals surface area contributed by atoms with Gasteiger partial charge in [0.05, 0.1) is 18.8 Å². The van der Waals surface area contributed by atoms with Gasteiger partial charge in [0.1, 0.15) is 5.76 Å². The van der Waals surface area contributed by atoms with E-state index in [2.05, 4.69) is 15.1 Å². The average molecular weight is 362 g/mol. The van der Waals surface area contributed by atoms with Crippen molar-refractivity contribution in [2.24, 2.45) is 0 Å². The monoisotopic (exact) mass is 361 g/mol. The third-order valence-corrected chi connectivity index (χ3v) is 5.23. The second-order valence-corrected chi connectivity index (χ2v) is 6.88. The topological polar surface area (TPSA) is 48.7 Å². The van der Waals surface area contributed by atoms with Crippen molar-refractivity contribution in [2.45, 2.75) is 26.4 Å². The Kier molecular flexibility index (Phi) is 5.78. The van der Waals surface area contributed by atoms with Crippen LogP contribution >= 0.6 is 11.6 Å². The van der Waals surface area contributed by atoms with Crippen LogP contribution < -0.4 is 5.32 Å². The number of carbonyl (C=O) groups is 1. The highest BCUT2D eigenvalue weighted by atomic mass is 35.5. The summed E-state index contributed by atoms with van der Waals surface area (Å²) >= 11 is 6.12. The molecule has 1 N–H and O–H groups in total. The zero-order valence-electron chi connectivity index (χ0n) is 14.7. The van der Waals surface area contributed by atoms with Gasteiger partial charge in [-0.1, -0.05) is 17.7 Å². The van der Waals surface area contributed by atoms with E-state index in [0.29, 0.717) is 5.02 Å². The van der Waals surface area contributed by atoms with Gasteiger partial charge in [-0.2, -0.15) is 0 Å². The molecule has 1 amide bonds. The molecule has 0 saturated carbocycles. The molecule has 5 nitrogen and oxygen atoms in total. The van der Waals surface area contributed by atoms with Gasteiger partial charge in [0.2, 0.25) is 5.91 Å². The van der Waals surface area contributed by atoms with E-state index in [-0.39, 0.29) is 11.9 Å². The molecule has 1 aliphatic heterocycles. The molecule has 134 valence electrons. The molecule has 1 saturated heterocycles. The van der Waals surface area contributed by atoms with Crippen LogP contribution in [0.1, 0.15) is 18.2 Å². The maximum absolute atomic E-state index is 12.6. The number of hydrogen-bond donors (Lipinski definition) is 1. The zero-order valence-corrected chi connectivity index (χ0v) is 15.4. The second kappa shape index (κ2) is 8.04. The van der Waals surface area contributed by atoms with Gasteiger partial charge in [0.25, 0.3) is 0 Å². The highest BCUT2D eigenvalue weighted by Crippen LogP contribution is 2.23. The fourth-order valence-electron chi connectivity index (χ4n) is 3.08. The molecule has 1 aromatic heterocycles. The lowest BCUT2D eigenvalue weighted by Crippen LogP contribution is -2.52. The van der Waals surface area contributed by atoms with Crippen molar-refractivity contribution in [3.63, 3.8) is 0 Å². The molecule has 1 aromatic carbocycles. The molecule has 0 spiro atoms. The number of piperazine rings is 1. The first kappa shape index (κ1) is 18.0. The van der Waals surface area contributed by atoms with E-state index in [0.717, 1.165) is 49.7 Å². The molecular weight excluding hydrogens is 338 g/mol. The van der Waals surface area contributed by atoms with Crippen LogP contribution in [0, 0.1) is 6.92 Å². The number of rotatable bonds is 5. The SMILES string of the molecule is Cc1c(Cl)cccc1NC(=O)C(C)N1CCN(Cc2ccco2)CC1. The Morgan fingerprint density at radius 2 is 2.00 bits per heavy atom. The Balaban J connectivity index is 1.52. The molecule has 0 bridgehead atoms. The van der Waals surface area contributed by atoms with E-state index >= 15 is 0 Å². The van der Waals surface area contributed by atoms with Gasteiger partial charge in [0, 0.05) is 36.9 Å². The van der Waals surface area contributed by atoms with Crippen molar-refractivity contribution in [1.82, 2.24) is 9.80 Å². The maximum atomic E-state index is 12.6. The van der Waals surface area contributed by atoms with Crippen LogP contribution in [0.15, 0.2) is 41.0 Å². The highest BCUT2D eigenvalue weighted by molar-refractivity contribution is 6.31. The Morgan fingerprint density at radius 1 is 1.24 bits per heavy atom. The smallest absolute Gasteiger partial charge is 0.241 e. The van der Waals surface area contributed by atoms with Gasteiger partial charge in [-0.25, -0.2) is 0 Å². The minimum Gasteiger partial charge on any atom is -0.468 e. The third-order valence-electron chi connectivity index (χ3n) is 4.82. The summed E-state index contributed by atoms with van der Waals surface area (Å²) in [6.07, 6.45) is 1.70. The number of nitrogens with one attached hydrogen (secondary N) is 1. The van der Waals surface area contributed by atoms with Crippen molar-refractivity contribution in [1.29, 1.82) is 0 Å². The summed E-state index contributed by atoms with van der Waals surface area (Å²) in [7, 11) is 0. The fraction of sp³-hybridized carbons (Fsp3) is 0.421. The lowest BCUT2D eigenvalue weighted by molar-refractivity contribution is -0.121. The number of hydrogen-bond acceptors (Lipinski definition) is 4. The van der Waals surface area contributed by atoms with Crippen LogP contribution in [0.25, 0.3) is 0 Å². The molecule has 25 heavy (non-hydrogen) atoms. The molecule has 0 radical (unpaired) electrons. The van der Waals surface area contributed by atoms with E-state index < -0.39 is 0 Å². The summed E-state index contributed by atoms with van der Waals surface area (Å²) in [5.41, 5.74) is 1.67. The molecule has 1 unspecified atom stereocenters. The van der Waals surface area contributed by atoms with Crippen molar-refractivity contribution < 1.29 is 9.21 Å². The van der Waals surface area contributed by atoms with Crippen LogP contribution in [0.3, 0.4) is 0 Å². The van der Waals surface area contributed by atoms with E-state index in [1.165, 1.54) is 0 Å². The molecule has 1 aliphatic rings. The quantitative estimate of drug-likeness (QED) is 0.886. The predicted octanol–water partition coefficient (Wildman–Crippen LogP) is 3.39. The van der Waals surface area contributed by atoms with Crippen molar-refractivity contribution in [3.05, 3.63) is 52.9 Å². The standard InChI is InChI=1S/C19H24ClN3O2/c1-14-17(20)6-3-7-18(14)21-19(24)15(2)23-10-8-22(9-11-23)13-16-5-4-12-25-16/h3-7,12,15H,8-11,13H2,1-2H3,(H,21,24). The van der Waals surface area contributed by atoms with Gasteiger partial charge >= 0.3 is 0 Å².